The van der Waals surface area contributed by atoms with Gasteiger partial charge in [-0.2, -0.15) is 5.10 Å². The lowest BCUT2D eigenvalue weighted by Crippen LogP contribution is -2.12. The fourth-order valence-electron chi connectivity index (χ4n) is 3.24. The first-order valence-electron chi connectivity index (χ1n) is 9.11. The van der Waals surface area contributed by atoms with Crippen molar-refractivity contribution in [3.8, 4) is 11.4 Å². The Kier molecular flexibility index (Phi) is 4.05. The third kappa shape index (κ3) is 3.11. The molecule has 0 spiro atoms. The topological polar surface area (TPSA) is 83.8 Å². The summed E-state index contributed by atoms with van der Waals surface area (Å²) in [4.78, 5) is 17.2. The minimum atomic E-state index is -0.272. The van der Waals surface area contributed by atoms with Gasteiger partial charge in [0, 0.05) is 32.6 Å². The predicted molar refractivity (Wildman–Crippen MR) is 110 cm³/mol. The van der Waals surface area contributed by atoms with Crippen LogP contribution in [0.2, 0.25) is 0 Å². The van der Waals surface area contributed by atoms with Crippen LogP contribution in [0, 0.1) is 6.92 Å². The Morgan fingerprint density at radius 3 is 2.75 bits per heavy atom. The maximum Gasteiger partial charge on any atom is 0.291 e. The Hall–Kier alpha value is -2.93. The molecule has 0 aliphatic heterocycles. The second kappa shape index (κ2) is 6.60. The highest BCUT2D eigenvalue weighted by Gasteiger charge is 2.27. The molecule has 5 rings (SSSR count). The second-order valence-corrected chi connectivity index (χ2v) is 7.96. The summed E-state index contributed by atoms with van der Waals surface area (Å²) in [5, 5.41) is 11.1. The van der Waals surface area contributed by atoms with Gasteiger partial charge in [-0.1, -0.05) is 15.9 Å². The smallest absolute Gasteiger partial charge is 0.291 e. The zero-order valence-electron chi connectivity index (χ0n) is 15.1. The number of halogens is 1. The van der Waals surface area contributed by atoms with Crippen molar-refractivity contribution in [1.29, 1.82) is 0 Å². The molecule has 2 aromatic carbocycles. The predicted octanol–water partition coefficient (Wildman–Crippen LogP) is 5.42. The first-order valence-corrected chi connectivity index (χ1v) is 9.90. The van der Waals surface area contributed by atoms with Crippen molar-refractivity contribution >= 4 is 38.5 Å². The number of carbonyl (C=O) groups excluding carboxylic acids is 1. The minimum absolute atomic E-state index is 0.272. The van der Waals surface area contributed by atoms with Crippen LogP contribution in [-0.2, 0) is 0 Å². The SMILES string of the molecule is Cc1c(C(=O)Nc2ccc(-c3n[nH]c(C4CC4)n3)cc2)oc2ccc(Br)cc12. The number of rotatable bonds is 4. The molecule has 0 radical (unpaired) electrons. The summed E-state index contributed by atoms with van der Waals surface area (Å²) < 4.78 is 6.70. The molecule has 1 amide bonds. The van der Waals surface area contributed by atoms with Crippen LogP contribution in [0.25, 0.3) is 22.4 Å². The van der Waals surface area contributed by atoms with Gasteiger partial charge in [0.15, 0.2) is 11.6 Å². The monoisotopic (exact) mass is 436 g/mol. The van der Waals surface area contributed by atoms with Gasteiger partial charge in [-0.3, -0.25) is 9.89 Å². The number of benzene rings is 2. The van der Waals surface area contributed by atoms with Crippen LogP contribution in [-0.4, -0.2) is 21.1 Å². The van der Waals surface area contributed by atoms with Gasteiger partial charge in [-0.15, -0.1) is 0 Å². The molecule has 0 saturated heterocycles. The van der Waals surface area contributed by atoms with Gasteiger partial charge in [0.05, 0.1) is 0 Å². The summed E-state index contributed by atoms with van der Waals surface area (Å²) in [6, 6.07) is 13.2. The summed E-state index contributed by atoms with van der Waals surface area (Å²) >= 11 is 3.45. The molecule has 2 N–H and O–H groups in total. The number of aryl methyl sites for hydroxylation is 1. The number of anilines is 1. The van der Waals surface area contributed by atoms with Crippen LogP contribution in [0.15, 0.2) is 51.4 Å². The van der Waals surface area contributed by atoms with Crippen LogP contribution in [0.3, 0.4) is 0 Å². The molecule has 4 aromatic rings. The molecule has 1 aliphatic carbocycles. The van der Waals surface area contributed by atoms with Crippen molar-refractivity contribution in [2.75, 3.05) is 5.32 Å². The highest BCUT2D eigenvalue weighted by molar-refractivity contribution is 9.10. The van der Waals surface area contributed by atoms with E-state index in [1.807, 2.05) is 49.4 Å². The first-order chi connectivity index (χ1) is 13.6. The Morgan fingerprint density at radius 1 is 1.21 bits per heavy atom. The van der Waals surface area contributed by atoms with E-state index in [1.54, 1.807) is 0 Å². The molecule has 2 heterocycles. The van der Waals surface area contributed by atoms with Crippen LogP contribution >= 0.6 is 15.9 Å². The van der Waals surface area contributed by atoms with Gasteiger partial charge in [-0.05, 0) is 62.2 Å². The number of carbonyl (C=O) groups is 1. The molecule has 0 unspecified atom stereocenters. The quantitative estimate of drug-likeness (QED) is 0.447. The zero-order valence-corrected chi connectivity index (χ0v) is 16.7. The van der Waals surface area contributed by atoms with Crippen molar-refractivity contribution in [3.05, 3.63) is 64.1 Å². The summed E-state index contributed by atoms with van der Waals surface area (Å²) in [5.41, 5.74) is 3.11. The molecular weight excluding hydrogens is 420 g/mol. The lowest BCUT2D eigenvalue weighted by Gasteiger charge is -2.04. The Bertz CT molecular complexity index is 1190. The summed E-state index contributed by atoms with van der Waals surface area (Å²) in [7, 11) is 0. The number of furan rings is 1. The third-order valence-electron chi connectivity index (χ3n) is 4.97. The van der Waals surface area contributed by atoms with E-state index in [2.05, 4.69) is 36.4 Å². The number of hydrogen-bond acceptors (Lipinski definition) is 4. The first kappa shape index (κ1) is 17.2. The molecule has 0 atom stereocenters. The van der Waals surface area contributed by atoms with E-state index in [-0.39, 0.29) is 5.91 Å². The van der Waals surface area contributed by atoms with Crippen molar-refractivity contribution < 1.29 is 9.21 Å². The molecule has 28 heavy (non-hydrogen) atoms. The van der Waals surface area contributed by atoms with E-state index in [0.717, 1.165) is 26.8 Å². The standard InChI is InChI=1S/C21H17BrN4O2/c1-11-16-10-14(22)6-9-17(16)28-18(11)21(27)23-15-7-4-13(5-8-15)20-24-19(25-26-20)12-2-3-12/h4-10,12H,2-3H2,1H3,(H,23,27)(H,24,25,26). The van der Waals surface area contributed by atoms with Crippen molar-refractivity contribution in [2.24, 2.45) is 0 Å². The summed E-state index contributed by atoms with van der Waals surface area (Å²) in [6.07, 6.45) is 2.36. The number of aromatic nitrogens is 3. The van der Waals surface area contributed by atoms with Gasteiger partial charge in [0.2, 0.25) is 0 Å². The minimum Gasteiger partial charge on any atom is -0.451 e. The maximum atomic E-state index is 12.7. The van der Waals surface area contributed by atoms with Crippen molar-refractivity contribution in [3.63, 3.8) is 0 Å². The third-order valence-corrected chi connectivity index (χ3v) is 5.47. The molecule has 1 saturated carbocycles. The van der Waals surface area contributed by atoms with Gasteiger partial charge in [-0.25, -0.2) is 4.98 Å². The summed E-state index contributed by atoms with van der Waals surface area (Å²) in [6.45, 7) is 1.89. The van der Waals surface area contributed by atoms with Crippen molar-refractivity contribution in [2.45, 2.75) is 25.7 Å². The van der Waals surface area contributed by atoms with Gasteiger partial charge >= 0.3 is 0 Å². The van der Waals surface area contributed by atoms with E-state index < -0.39 is 0 Å². The highest BCUT2D eigenvalue weighted by Crippen LogP contribution is 2.38. The van der Waals surface area contributed by atoms with E-state index >= 15 is 0 Å². The number of amides is 1. The fraction of sp³-hybridized carbons (Fsp3) is 0.190. The summed E-state index contributed by atoms with van der Waals surface area (Å²) in [5.74, 6) is 2.22. The number of nitrogens with zero attached hydrogens (tertiary/aromatic N) is 2. The average Bonchev–Trinajstić information content (AvgIpc) is 3.34. The van der Waals surface area contributed by atoms with Crippen LogP contribution in [0.1, 0.15) is 40.7 Å². The number of hydrogen-bond donors (Lipinski definition) is 2. The van der Waals surface area contributed by atoms with Gasteiger partial charge < -0.3 is 9.73 Å². The molecule has 140 valence electrons. The zero-order chi connectivity index (χ0) is 19.3. The van der Waals surface area contributed by atoms with Gasteiger partial charge in [0.25, 0.3) is 5.91 Å². The Balaban J connectivity index is 1.35. The van der Waals surface area contributed by atoms with Gasteiger partial charge in [0.1, 0.15) is 11.4 Å². The second-order valence-electron chi connectivity index (χ2n) is 7.05. The van der Waals surface area contributed by atoms with Crippen LogP contribution in [0.5, 0.6) is 0 Å². The van der Waals surface area contributed by atoms with Crippen molar-refractivity contribution in [1.82, 2.24) is 15.2 Å². The number of aromatic amines is 1. The molecule has 2 aromatic heterocycles. The van der Waals surface area contributed by atoms with E-state index in [0.29, 0.717) is 28.8 Å². The van der Waals surface area contributed by atoms with E-state index in [1.165, 1.54) is 12.8 Å². The lowest BCUT2D eigenvalue weighted by molar-refractivity contribution is 0.0998. The number of fused-ring (bicyclic) bond motifs is 1. The van der Waals surface area contributed by atoms with Crippen LogP contribution in [0.4, 0.5) is 5.69 Å². The highest BCUT2D eigenvalue weighted by atomic mass is 79.9. The fourth-order valence-corrected chi connectivity index (χ4v) is 3.60. The van der Waals surface area contributed by atoms with Crippen LogP contribution < -0.4 is 5.32 Å². The average molecular weight is 437 g/mol. The van der Waals surface area contributed by atoms with E-state index in [4.69, 9.17) is 4.42 Å². The molecule has 1 aliphatic rings. The molecule has 6 nitrogen and oxygen atoms in total. The molecule has 1 fully saturated rings. The largest absolute Gasteiger partial charge is 0.451 e. The molecular formula is C21H17BrN4O2. The Morgan fingerprint density at radius 2 is 2.00 bits per heavy atom. The number of H-pyrrole nitrogens is 1. The normalized spacial score (nSPS) is 13.8. The maximum absolute atomic E-state index is 12.7. The Labute approximate surface area is 169 Å². The number of nitrogens with one attached hydrogen (secondary N) is 2. The molecule has 7 heteroatoms. The molecule has 0 bridgehead atoms. The van der Waals surface area contributed by atoms with E-state index in [9.17, 15) is 4.79 Å². The lowest BCUT2D eigenvalue weighted by atomic mass is 10.1.